The highest BCUT2D eigenvalue weighted by molar-refractivity contribution is 7.98. The van der Waals surface area contributed by atoms with E-state index in [0.717, 1.165) is 4.90 Å². The first-order valence-electron chi connectivity index (χ1n) is 8.63. The SMILES string of the molecule is CSc1ccc(NC(=O)COC(=O)C2=NN(c3ccccc3)C(=O)CC2)cc1. The Kier molecular flexibility index (Phi) is 6.44. The predicted molar refractivity (Wildman–Crippen MR) is 108 cm³/mol. The number of hydrazone groups is 1. The molecule has 7 nitrogen and oxygen atoms in total. The van der Waals surface area contributed by atoms with Gasteiger partial charge in [-0.05, 0) is 42.7 Å². The van der Waals surface area contributed by atoms with E-state index in [1.54, 1.807) is 48.2 Å². The van der Waals surface area contributed by atoms with E-state index >= 15 is 0 Å². The summed E-state index contributed by atoms with van der Waals surface area (Å²) in [5, 5.41) is 7.96. The number of anilines is 2. The van der Waals surface area contributed by atoms with Crippen LogP contribution in [0.3, 0.4) is 0 Å². The summed E-state index contributed by atoms with van der Waals surface area (Å²) >= 11 is 1.60. The van der Waals surface area contributed by atoms with Gasteiger partial charge >= 0.3 is 5.97 Å². The second-order valence-electron chi connectivity index (χ2n) is 5.94. The minimum absolute atomic E-state index is 0.112. The Balaban J connectivity index is 1.57. The third-order valence-electron chi connectivity index (χ3n) is 3.98. The third kappa shape index (κ3) is 4.98. The summed E-state index contributed by atoms with van der Waals surface area (Å²) in [6, 6.07) is 16.2. The topological polar surface area (TPSA) is 88.1 Å². The van der Waals surface area contributed by atoms with Crippen LogP contribution in [0.15, 0.2) is 64.6 Å². The fraction of sp³-hybridized carbons (Fsp3) is 0.200. The number of para-hydroxylation sites is 1. The lowest BCUT2D eigenvalue weighted by Crippen LogP contribution is -2.35. The molecule has 144 valence electrons. The highest BCUT2D eigenvalue weighted by Crippen LogP contribution is 2.20. The molecule has 0 fully saturated rings. The molecule has 3 rings (SSSR count). The van der Waals surface area contributed by atoms with Gasteiger partial charge in [-0.1, -0.05) is 18.2 Å². The summed E-state index contributed by atoms with van der Waals surface area (Å²) in [4.78, 5) is 37.4. The van der Waals surface area contributed by atoms with Crippen LogP contribution >= 0.6 is 11.8 Å². The maximum absolute atomic E-state index is 12.2. The van der Waals surface area contributed by atoms with Crippen LogP contribution in [0.1, 0.15) is 12.8 Å². The summed E-state index contributed by atoms with van der Waals surface area (Å²) in [6.45, 7) is -0.429. The van der Waals surface area contributed by atoms with Crippen LogP contribution in [0.5, 0.6) is 0 Å². The lowest BCUT2D eigenvalue weighted by Gasteiger charge is -2.22. The minimum Gasteiger partial charge on any atom is -0.451 e. The maximum atomic E-state index is 12.2. The van der Waals surface area contributed by atoms with Crippen LogP contribution in [0.4, 0.5) is 11.4 Å². The van der Waals surface area contributed by atoms with E-state index in [0.29, 0.717) is 11.4 Å². The van der Waals surface area contributed by atoms with Crippen molar-refractivity contribution >= 4 is 46.6 Å². The minimum atomic E-state index is -0.707. The number of nitrogens with one attached hydrogen (secondary N) is 1. The molecule has 0 spiro atoms. The van der Waals surface area contributed by atoms with Crippen molar-refractivity contribution in [1.82, 2.24) is 0 Å². The first-order chi connectivity index (χ1) is 13.6. The van der Waals surface area contributed by atoms with Gasteiger partial charge < -0.3 is 10.1 Å². The molecular formula is C20H19N3O4S. The molecule has 1 N–H and O–H groups in total. The zero-order chi connectivity index (χ0) is 19.9. The quantitative estimate of drug-likeness (QED) is 0.598. The number of ether oxygens (including phenoxy) is 1. The second-order valence-corrected chi connectivity index (χ2v) is 6.82. The molecule has 0 saturated carbocycles. The van der Waals surface area contributed by atoms with E-state index in [1.807, 2.05) is 24.5 Å². The molecule has 0 aliphatic carbocycles. The number of thioether (sulfide) groups is 1. The lowest BCUT2D eigenvalue weighted by molar-refractivity contribution is -0.140. The largest absolute Gasteiger partial charge is 0.451 e. The Bertz CT molecular complexity index is 897. The molecule has 0 aromatic heterocycles. The molecule has 0 atom stereocenters. The molecule has 0 unspecified atom stereocenters. The first kappa shape index (κ1) is 19.6. The zero-order valence-electron chi connectivity index (χ0n) is 15.3. The molecule has 2 aromatic rings. The van der Waals surface area contributed by atoms with Gasteiger partial charge in [0.05, 0.1) is 5.69 Å². The highest BCUT2D eigenvalue weighted by Gasteiger charge is 2.26. The Morgan fingerprint density at radius 2 is 1.82 bits per heavy atom. The van der Waals surface area contributed by atoms with Crippen molar-refractivity contribution in [1.29, 1.82) is 0 Å². The molecule has 1 heterocycles. The fourth-order valence-electron chi connectivity index (χ4n) is 2.56. The van der Waals surface area contributed by atoms with E-state index in [2.05, 4.69) is 10.4 Å². The summed E-state index contributed by atoms with van der Waals surface area (Å²) < 4.78 is 5.06. The Hall–Kier alpha value is -3.13. The number of carbonyl (C=O) groups is 3. The average molecular weight is 397 g/mol. The Labute approximate surface area is 166 Å². The van der Waals surface area contributed by atoms with Crippen molar-refractivity contribution in [3.05, 3.63) is 54.6 Å². The number of rotatable bonds is 6. The van der Waals surface area contributed by atoms with Crippen molar-refractivity contribution < 1.29 is 19.1 Å². The predicted octanol–water partition coefficient (Wildman–Crippen LogP) is 3.07. The van der Waals surface area contributed by atoms with Crippen molar-refractivity contribution in [3.63, 3.8) is 0 Å². The van der Waals surface area contributed by atoms with Gasteiger partial charge in [0.2, 0.25) is 5.91 Å². The summed E-state index contributed by atoms with van der Waals surface area (Å²) in [7, 11) is 0. The molecule has 2 amide bonds. The average Bonchev–Trinajstić information content (AvgIpc) is 2.73. The molecule has 1 aliphatic heterocycles. The molecule has 8 heteroatoms. The van der Waals surface area contributed by atoms with Crippen molar-refractivity contribution in [2.45, 2.75) is 17.7 Å². The molecule has 0 saturated heterocycles. The molecule has 0 radical (unpaired) electrons. The zero-order valence-corrected chi connectivity index (χ0v) is 16.1. The number of benzene rings is 2. The van der Waals surface area contributed by atoms with Gasteiger partial charge in [-0.3, -0.25) is 9.59 Å². The van der Waals surface area contributed by atoms with E-state index in [1.165, 1.54) is 5.01 Å². The standard InChI is InChI=1S/C20H19N3O4S/c1-28-16-9-7-14(8-10-16)21-18(24)13-27-20(26)17-11-12-19(25)23(22-17)15-5-3-2-4-6-15/h2-10H,11-13H2,1H3,(H,21,24). The third-order valence-corrected chi connectivity index (χ3v) is 4.72. The summed E-state index contributed by atoms with van der Waals surface area (Å²) in [5.41, 5.74) is 1.30. The van der Waals surface area contributed by atoms with E-state index < -0.39 is 18.5 Å². The number of hydrogen-bond acceptors (Lipinski definition) is 6. The second kappa shape index (κ2) is 9.18. The van der Waals surface area contributed by atoms with Crippen LogP contribution in [-0.2, 0) is 19.1 Å². The van der Waals surface area contributed by atoms with Crippen molar-refractivity contribution in [3.8, 4) is 0 Å². The number of amides is 2. The Morgan fingerprint density at radius 1 is 1.11 bits per heavy atom. The van der Waals surface area contributed by atoms with Gasteiger partial charge in [-0.15, -0.1) is 11.8 Å². The summed E-state index contributed by atoms with van der Waals surface area (Å²) in [6.07, 6.45) is 2.29. The van der Waals surface area contributed by atoms with Crippen LogP contribution in [0.2, 0.25) is 0 Å². The molecule has 1 aliphatic rings. The van der Waals surface area contributed by atoms with E-state index in [9.17, 15) is 14.4 Å². The number of esters is 1. The number of nitrogens with zero attached hydrogens (tertiary/aromatic N) is 2. The smallest absolute Gasteiger partial charge is 0.355 e. The first-order valence-corrected chi connectivity index (χ1v) is 9.86. The fourth-order valence-corrected chi connectivity index (χ4v) is 2.97. The van der Waals surface area contributed by atoms with Gasteiger partial charge in [0.1, 0.15) is 5.71 Å². The van der Waals surface area contributed by atoms with Gasteiger partial charge in [0.25, 0.3) is 5.91 Å². The van der Waals surface area contributed by atoms with Crippen LogP contribution in [-0.4, -0.2) is 36.4 Å². The van der Waals surface area contributed by atoms with Gasteiger partial charge in [0, 0.05) is 23.4 Å². The molecule has 2 aromatic carbocycles. The number of hydrogen-bond donors (Lipinski definition) is 1. The molecule has 28 heavy (non-hydrogen) atoms. The normalized spacial score (nSPS) is 13.7. The van der Waals surface area contributed by atoms with Gasteiger partial charge in [-0.2, -0.15) is 5.10 Å². The van der Waals surface area contributed by atoms with Crippen LogP contribution in [0.25, 0.3) is 0 Å². The van der Waals surface area contributed by atoms with Gasteiger partial charge in [0.15, 0.2) is 6.61 Å². The Morgan fingerprint density at radius 3 is 2.50 bits per heavy atom. The number of carbonyl (C=O) groups excluding carboxylic acids is 3. The summed E-state index contributed by atoms with van der Waals surface area (Å²) in [5.74, 6) is -1.35. The van der Waals surface area contributed by atoms with Crippen LogP contribution in [0, 0.1) is 0 Å². The van der Waals surface area contributed by atoms with E-state index in [-0.39, 0.29) is 24.5 Å². The van der Waals surface area contributed by atoms with Crippen LogP contribution < -0.4 is 10.3 Å². The lowest BCUT2D eigenvalue weighted by atomic mass is 10.1. The highest BCUT2D eigenvalue weighted by atomic mass is 32.2. The maximum Gasteiger partial charge on any atom is 0.355 e. The molecule has 0 bridgehead atoms. The van der Waals surface area contributed by atoms with Crippen molar-refractivity contribution in [2.75, 3.05) is 23.2 Å². The van der Waals surface area contributed by atoms with Crippen molar-refractivity contribution in [2.24, 2.45) is 5.10 Å². The van der Waals surface area contributed by atoms with E-state index in [4.69, 9.17) is 4.74 Å². The monoisotopic (exact) mass is 397 g/mol. The molecular weight excluding hydrogens is 378 g/mol. The van der Waals surface area contributed by atoms with Gasteiger partial charge in [-0.25, -0.2) is 9.80 Å².